The average Bonchev–Trinajstić information content (AvgIpc) is 3.40. The van der Waals surface area contributed by atoms with Crippen molar-refractivity contribution in [2.24, 2.45) is 76.4 Å². The molecule has 8 bridgehead atoms. The van der Waals surface area contributed by atoms with Gasteiger partial charge in [0, 0.05) is 5.41 Å². The highest BCUT2D eigenvalue weighted by Gasteiger charge is 2.67. The highest BCUT2D eigenvalue weighted by molar-refractivity contribution is 5.74. The van der Waals surface area contributed by atoms with E-state index < -0.39 is 0 Å². The number of ether oxygens (including phenoxy) is 1. The smallest absolute Gasteiger partial charge is 0.309 e. The summed E-state index contributed by atoms with van der Waals surface area (Å²) in [5.41, 5.74) is -0.00818. The van der Waals surface area contributed by atoms with Crippen molar-refractivity contribution >= 4 is 5.97 Å². The molecule has 0 spiro atoms. The first-order valence-electron chi connectivity index (χ1n) is 13.5. The molecule has 0 N–H and O–H groups in total. The van der Waals surface area contributed by atoms with E-state index in [1.165, 1.54) is 51.4 Å². The van der Waals surface area contributed by atoms with Gasteiger partial charge < -0.3 is 4.74 Å². The van der Waals surface area contributed by atoms with E-state index in [1.807, 2.05) is 0 Å². The zero-order valence-electron chi connectivity index (χ0n) is 19.6. The van der Waals surface area contributed by atoms with Crippen LogP contribution in [-0.4, -0.2) is 11.6 Å². The van der Waals surface area contributed by atoms with Gasteiger partial charge in [0.1, 0.15) is 5.60 Å². The Morgan fingerprint density at radius 3 is 1.93 bits per heavy atom. The van der Waals surface area contributed by atoms with Crippen LogP contribution in [0.25, 0.3) is 0 Å². The minimum absolute atomic E-state index is 0.199. The quantitative estimate of drug-likeness (QED) is 0.401. The van der Waals surface area contributed by atoms with E-state index in [2.05, 4.69) is 27.7 Å². The Labute approximate surface area is 183 Å². The Balaban J connectivity index is 1.10. The Morgan fingerprint density at radius 2 is 1.33 bits per heavy atom. The maximum absolute atomic E-state index is 13.7. The largest absolute Gasteiger partial charge is 0.459 e. The van der Waals surface area contributed by atoms with Crippen molar-refractivity contribution in [2.45, 2.75) is 91.1 Å². The van der Waals surface area contributed by atoms with Crippen molar-refractivity contribution in [3.63, 3.8) is 0 Å². The summed E-state index contributed by atoms with van der Waals surface area (Å²) in [5, 5.41) is 0. The highest BCUT2D eigenvalue weighted by atomic mass is 16.6. The van der Waals surface area contributed by atoms with E-state index in [1.54, 1.807) is 0 Å². The van der Waals surface area contributed by atoms with Gasteiger partial charge in [-0.15, -0.1) is 0 Å². The van der Waals surface area contributed by atoms with Crippen LogP contribution in [0.1, 0.15) is 85.5 Å². The molecule has 9 atom stereocenters. The van der Waals surface area contributed by atoms with Gasteiger partial charge in [0.15, 0.2) is 0 Å². The third-order valence-electron chi connectivity index (χ3n) is 12.8. The molecule has 166 valence electrons. The number of hydrogen-bond acceptors (Lipinski definition) is 2. The van der Waals surface area contributed by atoms with Crippen LogP contribution < -0.4 is 0 Å². The number of hydrogen-bond donors (Lipinski definition) is 0. The second-order valence-corrected chi connectivity index (χ2v) is 14.1. The second kappa shape index (κ2) is 5.88. The topological polar surface area (TPSA) is 26.3 Å². The molecule has 2 nitrogen and oxygen atoms in total. The first-order valence-corrected chi connectivity index (χ1v) is 13.5. The molecule has 0 radical (unpaired) electrons. The van der Waals surface area contributed by atoms with Crippen molar-refractivity contribution in [1.29, 1.82) is 0 Å². The van der Waals surface area contributed by atoms with E-state index in [4.69, 9.17) is 4.74 Å². The third kappa shape index (κ3) is 2.25. The first-order chi connectivity index (χ1) is 14.3. The minimum atomic E-state index is -0.280. The molecule has 2 heteroatoms. The Kier molecular flexibility index (Phi) is 3.72. The van der Waals surface area contributed by atoms with E-state index >= 15 is 0 Å². The van der Waals surface area contributed by atoms with Crippen LogP contribution in [0.2, 0.25) is 0 Å². The summed E-state index contributed by atoms with van der Waals surface area (Å²) in [6.45, 7) is 9.59. The van der Waals surface area contributed by atoms with Gasteiger partial charge in [0.05, 0.1) is 5.92 Å². The second-order valence-electron chi connectivity index (χ2n) is 14.1. The van der Waals surface area contributed by atoms with Gasteiger partial charge in [-0.3, -0.25) is 4.79 Å². The van der Waals surface area contributed by atoms with E-state index in [-0.39, 0.29) is 22.9 Å². The minimum Gasteiger partial charge on any atom is -0.459 e. The fourth-order valence-electron chi connectivity index (χ4n) is 11.8. The van der Waals surface area contributed by atoms with E-state index in [0.29, 0.717) is 5.92 Å². The Morgan fingerprint density at radius 1 is 0.767 bits per heavy atom. The molecule has 9 unspecified atom stereocenters. The Hall–Kier alpha value is -0.530. The van der Waals surface area contributed by atoms with Gasteiger partial charge in [-0.1, -0.05) is 13.8 Å². The van der Waals surface area contributed by atoms with Crippen LogP contribution in [0.3, 0.4) is 0 Å². The molecule has 0 saturated heterocycles. The lowest BCUT2D eigenvalue weighted by molar-refractivity contribution is -0.204. The molecule has 8 saturated carbocycles. The summed E-state index contributed by atoms with van der Waals surface area (Å²) in [7, 11) is 0. The zero-order valence-corrected chi connectivity index (χ0v) is 19.6. The lowest BCUT2D eigenvalue weighted by atomic mass is 9.46. The van der Waals surface area contributed by atoms with Crippen molar-refractivity contribution in [3.8, 4) is 0 Å². The fraction of sp³-hybridized carbons (Fsp3) is 0.964. The molecule has 0 aliphatic heterocycles. The molecule has 8 aliphatic rings. The van der Waals surface area contributed by atoms with Gasteiger partial charge >= 0.3 is 5.97 Å². The Bertz CT molecular complexity index is 731. The molecule has 8 fully saturated rings. The maximum atomic E-state index is 13.7. The standard InChI is InChI=1S/C28H42O2/c1-14-15(2)21-10-20(14)24-19-8-22(25(21)24)23(9-19)26(29)30-27(3,4)28-11-16-5-17(12-28)7-18(6-16)13-28/h14-25H,5-13H2,1-4H3. The van der Waals surface area contributed by atoms with Crippen molar-refractivity contribution in [2.75, 3.05) is 0 Å². The van der Waals surface area contributed by atoms with E-state index in [9.17, 15) is 4.79 Å². The highest BCUT2D eigenvalue weighted by Crippen LogP contribution is 2.72. The van der Waals surface area contributed by atoms with Crippen molar-refractivity contribution < 1.29 is 9.53 Å². The molecule has 0 aromatic rings. The first kappa shape index (κ1) is 19.0. The predicted octanol–water partition coefficient (Wildman–Crippen LogP) is 6.33. The SMILES string of the molecule is CC1C(C)C2CC1C1C3CC(C(=O)OC(C)(C)C45CC6CC(CC(C6)C4)C5)C(C3)C21. The van der Waals surface area contributed by atoms with Crippen LogP contribution in [0.15, 0.2) is 0 Å². The van der Waals surface area contributed by atoms with Crippen LogP contribution in [-0.2, 0) is 9.53 Å². The molecule has 30 heavy (non-hydrogen) atoms. The van der Waals surface area contributed by atoms with E-state index in [0.717, 1.165) is 65.6 Å². The van der Waals surface area contributed by atoms with Gasteiger partial charge in [0.25, 0.3) is 0 Å². The third-order valence-corrected chi connectivity index (χ3v) is 12.8. The normalized spacial score (nSPS) is 59.7. The lowest BCUT2D eigenvalue weighted by Crippen LogP contribution is -2.58. The summed E-state index contributed by atoms with van der Waals surface area (Å²) in [4.78, 5) is 13.7. The lowest BCUT2D eigenvalue weighted by Gasteiger charge is -2.61. The summed E-state index contributed by atoms with van der Waals surface area (Å²) in [6, 6.07) is 0. The van der Waals surface area contributed by atoms with Crippen molar-refractivity contribution in [3.05, 3.63) is 0 Å². The molecule has 0 amide bonds. The van der Waals surface area contributed by atoms with Crippen LogP contribution >= 0.6 is 0 Å². The van der Waals surface area contributed by atoms with Crippen LogP contribution in [0.5, 0.6) is 0 Å². The molecule has 8 aliphatic carbocycles. The van der Waals surface area contributed by atoms with Gasteiger partial charge in [-0.25, -0.2) is 0 Å². The van der Waals surface area contributed by atoms with Gasteiger partial charge in [-0.05, 0) is 137 Å². The maximum Gasteiger partial charge on any atom is 0.309 e. The summed E-state index contributed by atoms with van der Waals surface area (Å²) >= 11 is 0. The number of fused-ring (bicyclic) bond motifs is 9. The van der Waals surface area contributed by atoms with Crippen LogP contribution in [0, 0.1) is 76.4 Å². The molecule has 8 rings (SSSR count). The average molecular weight is 411 g/mol. The predicted molar refractivity (Wildman–Crippen MR) is 117 cm³/mol. The summed E-state index contributed by atoms with van der Waals surface area (Å²) in [6.07, 6.45) is 12.3. The number of esters is 1. The molecule has 0 aromatic carbocycles. The monoisotopic (exact) mass is 410 g/mol. The number of carbonyl (C=O) groups is 1. The number of carbonyl (C=O) groups excluding carboxylic acids is 1. The van der Waals surface area contributed by atoms with Crippen LogP contribution in [0.4, 0.5) is 0 Å². The number of rotatable bonds is 3. The molecular formula is C28H42O2. The molecule has 0 aromatic heterocycles. The zero-order chi connectivity index (χ0) is 20.6. The van der Waals surface area contributed by atoms with Crippen molar-refractivity contribution in [1.82, 2.24) is 0 Å². The summed E-state index contributed by atoms with van der Waals surface area (Å²) in [5.74, 6) is 10.1. The van der Waals surface area contributed by atoms with Gasteiger partial charge in [-0.2, -0.15) is 0 Å². The molecular weight excluding hydrogens is 368 g/mol. The fourth-order valence-corrected chi connectivity index (χ4v) is 11.8. The van der Waals surface area contributed by atoms with Gasteiger partial charge in [0.2, 0.25) is 0 Å². The summed E-state index contributed by atoms with van der Waals surface area (Å²) < 4.78 is 6.60. The molecule has 0 heterocycles.